The molecule has 0 atom stereocenters. The van der Waals surface area contributed by atoms with Crippen LogP contribution in [0.5, 0.6) is 0 Å². The van der Waals surface area contributed by atoms with Crippen molar-refractivity contribution >= 4 is 11.4 Å². The Bertz CT molecular complexity index is 1010. The first-order valence-corrected chi connectivity index (χ1v) is 10.2. The molecule has 0 radical (unpaired) electrons. The zero-order chi connectivity index (χ0) is 20.4. The third-order valence-corrected chi connectivity index (χ3v) is 4.93. The molecule has 30 heavy (non-hydrogen) atoms. The van der Waals surface area contributed by atoms with Gasteiger partial charge in [0.25, 0.3) is 0 Å². The Morgan fingerprint density at radius 2 is 0.700 bits per heavy atom. The van der Waals surface area contributed by atoms with Gasteiger partial charge < -0.3 is 0 Å². The molecule has 0 heterocycles. The van der Waals surface area contributed by atoms with Crippen molar-refractivity contribution in [3.05, 3.63) is 144 Å². The number of nitrogens with zero attached hydrogens (tertiary/aromatic N) is 2. The second kappa shape index (κ2) is 10.1. The van der Waals surface area contributed by atoms with Gasteiger partial charge in [0, 0.05) is 12.8 Å². The third kappa shape index (κ3) is 5.39. The van der Waals surface area contributed by atoms with E-state index >= 15 is 0 Å². The first-order valence-electron chi connectivity index (χ1n) is 10.2. The molecular formula is C28H24N2. The SMILES string of the molecule is c1ccc(C/C(=N/N=C(/Cc2ccccc2)c2ccccc2)c2ccccc2)cc1. The van der Waals surface area contributed by atoms with Crippen molar-refractivity contribution in [2.45, 2.75) is 12.8 Å². The molecule has 0 fully saturated rings. The quantitative estimate of drug-likeness (QED) is 0.260. The average Bonchev–Trinajstić information content (AvgIpc) is 2.83. The number of rotatable bonds is 7. The summed E-state index contributed by atoms with van der Waals surface area (Å²) in [7, 11) is 0. The van der Waals surface area contributed by atoms with Gasteiger partial charge in [0.2, 0.25) is 0 Å². The summed E-state index contributed by atoms with van der Waals surface area (Å²) in [5.41, 5.74) is 6.56. The van der Waals surface area contributed by atoms with Crippen molar-refractivity contribution in [3.8, 4) is 0 Å². The summed E-state index contributed by atoms with van der Waals surface area (Å²) in [6.07, 6.45) is 1.48. The van der Waals surface area contributed by atoms with Gasteiger partial charge in [-0.25, -0.2) is 0 Å². The Morgan fingerprint density at radius 3 is 1.03 bits per heavy atom. The maximum atomic E-state index is 4.77. The second-order valence-electron chi connectivity index (χ2n) is 7.15. The molecular weight excluding hydrogens is 364 g/mol. The summed E-state index contributed by atoms with van der Waals surface area (Å²) < 4.78 is 0. The van der Waals surface area contributed by atoms with Gasteiger partial charge in [0.05, 0.1) is 11.4 Å². The lowest BCUT2D eigenvalue weighted by Crippen LogP contribution is -2.08. The molecule has 0 aliphatic heterocycles. The lowest BCUT2D eigenvalue weighted by Gasteiger charge is -2.08. The van der Waals surface area contributed by atoms with Gasteiger partial charge in [0.1, 0.15) is 0 Å². The van der Waals surface area contributed by atoms with Crippen molar-refractivity contribution in [1.29, 1.82) is 0 Å². The van der Waals surface area contributed by atoms with Crippen LogP contribution in [0.1, 0.15) is 22.3 Å². The molecule has 0 bridgehead atoms. The van der Waals surface area contributed by atoms with Crippen molar-refractivity contribution in [3.63, 3.8) is 0 Å². The van der Waals surface area contributed by atoms with Gasteiger partial charge in [-0.3, -0.25) is 0 Å². The fourth-order valence-corrected chi connectivity index (χ4v) is 3.35. The largest absolute Gasteiger partial charge is 0.154 e. The number of hydrogen-bond acceptors (Lipinski definition) is 2. The molecule has 146 valence electrons. The number of benzene rings is 4. The van der Waals surface area contributed by atoms with E-state index in [0.717, 1.165) is 35.4 Å². The molecule has 0 amide bonds. The highest BCUT2D eigenvalue weighted by Gasteiger charge is 2.08. The molecule has 0 aromatic heterocycles. The zero-order valence-corrected chi connectivity index (χ0v) is 16.9. The van der Waals surface area contributed by atoms with Gasteiger partial charge in [-0.2, -0.15) is 10.2 Å². The molecule has 2 nitrogen and oxygen atoms in total. The fourth-order valence-electron chi connectivity index (χ4n) is 3.35. The first kappa shape index (κ1) is 19.5. The summed E-state index contributed by atoms with van der Waals surface area (Å²) in [6.45, 7) is 0. The Labute approximate surface area is 178 Å². The molecule has 0 N–H and O–H groups in total. The van der Waals surface area contributed by atoms with E-state index in [1.54, 1.807) is 0 Å². The smallest absolute Gasteiger partial charge is 0.0746 e. The average molecular weight is 389 g/mol. The monoisotopic (exact) mass is 388 g/mol. The van der Waals surface area contributed by atoms with Crippen LogP contribution < -0.4 is 0 Å². The van der Waals surface area contributed by atoms with Crippen molar-refractivity contribution in [2.75, 3.05) is 0 Å². The van der Waals surface area contributed by atoms with Crippen molar-refractivity contribution in [2.24, 2.45) is 10.2 Å². The fraction of sp³-hybridized carbons (Fsp3) is 0.0714. The minimum atomic E-state index is 0.738. The van der Waals surface area contributed by atoms with Crippen LogP contribution in [0, 0.1) is 0 Å². The van der Waals surface area contributed by atoms with Crippen LogP contribution >= 0.6 is 0 Å². The minimum absolute atomic E-state index is 0.738. The van der Waals surface area contributed by atoms with E-state index in [9.17, 15) is 0 Å². The Balaban J connectivity index is 1.72. The van der Waals surface area contributed by atoms with E-state index in [2.05, 4.69) is 72.8 Å². The highest BCUT2D eigenvalue weighted by Crippen LogP contribution is 2.12. The van der Waals surface area contributed by atoms with Crippen LogP contribution in [0.15, 0.2) is 132 Å². The van der Waals surface area contributed by atoms with Crippen LogP contribution in [-0.2, 0) is 12.8 Å². The molecule has 4 aromatic carbocycles. The summed E-state index contributed by atoms with van der Waals surface area (Å²) in [4.78, 5) is 0. The van der Waals surface area contributed by atoms with Gasteiger partial charge in [-0.1, -0.05) is 121 Å². The molecule has 0 saturated heterocycles. The summed E-state index contributed by atoms with van der Waals surface area (Å²) in [5, 5.41) is 9.53. The summed E-state index contributed by atoms with van der Waals surface area (Å²) in [6, 6.07) is 41.4. The highest BCUT2D eigenvalue weighted by molar-refractivity contribution is 6.04. The Hall–Kier alpha value is -3.78. The van der Waals surface area contributed by atoms with E-state index in [4.69, 9.17) is 10.2 Å². The second-order valence-corrected chi connectivity index (χ2v) is 7.15. The van der Waals surface area contributed by atoms with E-state index in [0.29, 0.717) is 0 Å². The lowest BCUT2D eigenvalue weighted by molar-refractivity contribution is 1.15. The van der Waals surface area contributed by atoms with E-state index in [-0.39, 0.29) is 0 Å². The van der Waals surface area contributed by atoms with Crippen molar-refractivity contribution < 1.29 is 0 Å². The summed E-state index contributed by atoms with van der Waals surface area (Å²) >= 11 is 0. The van der Waals surface area contributed by atoms with Crippen LogP contribution in [0.25, 0.3) is 0 Å². The molecule has 2 heteroatoms. The minimum Gasteiger partial charge on any atom is -0.154 e. The van der Waals surface area contributed by atoms with Crippen LogP contribution in [0.2, 0.25) is 0 Å². The topological polar surface area (TPSA) is 24.7 Å². The molecule has 4 rings (SSSR count). The number of hydrogen-bond donors (Lipinski definition) is 0. The van der Waals surface area contributed by atoms with Gasteiger partial charge in [0.15, 0.2) is 0 Å². The first-order chi connectivity index (χ1) is 14.9. The van der Waals surface area contributed by atoms with Crippen LogP contribution in [0.3, 0.4) is 0 Å². The van der Waals surface area contributed by atoms with Crippen LogP contribution in [0.4, 0.5) is 0 Å². The molecule has 4 aromatic rings. The standard InChI is InChI=1S/C28H24N2/c1-5-13-23(14-6-1)21-27(25-17-9-3-10-18-25)29-30-28(26-19-11-4-12-20-26)22-24-15-7-2-8-16-24/h1-20H,21-22H2/b29-27-,30-28-. The van der Waals surface area contributed by atoms with E-state index in [1.807, 2.05) is 48.5 Å². The normalized spacial score (nSPS) is 12.0. The van der Waals surface area contributed by atoms with Gasteiger partial charge in [-0.05, 0) is 22.3 Å². The molecule has 0 aliphatic rings. The maximum Gasteiger partial charge on any atom is 0.0746 e. The van der Waals surface area contributed by atoms with Gasteiger partial charge in [-0.15, -0.1) is 0 Å². The van der Waals surface area contributed by atoms with Gasteiger partial charge >= 0.3 is 0 Å². The third-order valence-electron chi connectivity index (χ3n) is 4.93. The molecule has 0 aliphatic carbocycles. The summed E-state index contributed by atoms with van der Waals surface area (Å²) in [5.74, 6) is 0. The van der Waals surface area contributed by atoms with Crippen molar-refractivity contribution in [1.82, 2.24) is 0 Å². The van der Waals surface area contributed by atoms with Crippen LogP contribution in [-0.4, -0.2) is 11.4 Å². The highest BCUT2D eigenvalue weighted by atomic mass is 15.2. The van der Waals surface area contributed by atoms with E-state index in [1.165, 1.54) is 11.1 Å². The predicted molar refractivity (Wildman–Crippen MR) is 126 cm³/mol. The molecule has 0 spiro atoms. The molecule has 0 unspecified atom stereocenters. The Morgan fingerprint density at radius 1 is 0.400 bits per heavy atom. The maximum absolute atomic E-state index is 4.77. The molecule has 0 saturated carbocycles. The Kier molecular flexibility index (Phi) is 6.59. The zero-order valence-electron chi connectivity index (χ0n) is 16.9. The van der Waals surface area contributed by atoms with E-state index < -0.39 is 0 Å². The predicted octanol–water partition coefficient (Wildman–Crippen LogP) is 6.37. The lowest BCUT2D eigenvalue weighted by atomic mass is 10.0.